The third-order valence-corrected chi connectivity index (χ3v) is 7.85. The fourth-order valence-corrected chi connectivity index (χ4v) is 5.87. The monoisotopic (exact) mass is 476 g/mol. The summed E-state index contributed by atoms with van der Waals surface area (Å²) in [6.07, 6.45) is 0.149. The molecule has 0 aliphatic heterocycles. The molecule has 0 N–H and O–H groups in total. The molecule has 6 nitrogen and oxygen atoms in total. The normalized spacial score (nSPS) is 12.7. The molecule has 0 amide bonds. The number of carbonyl (C=O) groups excluding carboxylic acids is 1. The second-order valence-corrected chi connectivity index (χ2v) is 10.2. The van der Waals surface area contributed by atoms with E-state index in [1.807, 2.05) is 61.6 Å². The molecular formula is C27H28N2O4S. The van der Waals surface area contributed by atoms with Gasteiger partial charge in [-0.15, -0.1) is 0 Å². The first-order valence-corrected chi connectivity index (χ1v) is 12.5. The first-order valence-electron chi connectivity index (χ1n) is 11.0. The molecule has 0 fully saturated rings. The van der Waals surface area contributed by atoms with Crippen LogP contribution in [-0.4, -0.2) is 37.4 Å². The van der Waals surface area contributed by atoms with Crippen LogP contribution in [0.2, 0.25) is 0 Å². The van der Waals surface area contributed by atoms with Crippen molar-refractivity contribution in [3.63, 3.8) is 0 Å². The van der Waals surface area contributed by atoms with Gasteiger partial charge in [-0.05, 0) is 49.4 Å². The van der Waals surface area contributed by atoms with Crippen LogP contribution >= 0.6 is 0 Å². The summed E-state index contributed by atoms with van der Waals surface area (Å²) in [5, 5.41) is 0.822. The van der Waals surface area contributed by atoms with Crippen molar-refractivity contribution in [3.8, 4) is 0 Å². The highest BCUT2D eigenvalue weighted by molar-refractivity contribution is 7.90. The number of esters is 1. The van der Waals surface area contributed by atoms with Crippen LogP contribution in [0.3, 0.4) is 0 Å². The number of benzene rings is 3. The van der Waals surface area contributed by atoms with Gasteiger partial charge in [0.2, 0.25) is 0 Å². The van der Waals surface area contributed by atoms with Crippen LogP contribution in [0.15, 0.2) is 89.8 Å². The maximum atomic E-state index is 13.5. The highest BCUT2D eigenvalue weighted by Gasteiger charge is 2.25. The lowest BCUT2D eigenvalue weighted by Gasteiger charge is -2.28. The molecule has 3 aromatic carbocycles. The number of aryl methyl sites for hydroxylation is 1. The lowest BCUT2D eigenvalue weighted by molar-refractivity contribution is -0.142. The Hall–Kier alpha value is -3.42. The zero-order valence-corrected chi connectivity index (χ0v) is 20.3. The van der Waals surface area contributed by atoms with Crippen molar-refractivity contribution in [2.75, 3.05) is 14.2 Å². The first kappa shape index (κ1) is 23.7. The predicted octanol–water partition coefficient (Wildman–Crippen LogP) is 4.92. The minimum absolute atomic E-state index is 0.149. The number of hydrogen-bond donors (Lipinski definition) is 0. The Kier molecular flexibility index (Phi) is 6.86. The molecule has 0 aliphatic rings. The molecule has 4 rings (SSSR count). The summed E-state index contributed by atoms with van der Waals surface area (Å²) in [6.45, 7) is 2.41. The van der Waals surface area contributed by atoms with E-state index in [9.17, 15) is 13.2 Å². The van der Waals surface area contributed by atoms with Gasteiger partial charge in [-0.1, -0.05) is 60.7 Å². The van der Waals surface area contributed by atoms with E-state index in [-0.39, 0.29) is 23.3 Å². The molecule has 1 atom stereocenters. The van der Waals surface area contributed by atoms with Crippen LogP contribution in [-0.2, 0) is 26.1 Å². The molecule has 0 saturated carbocycles. The van der Waals surface area contributed by atoms with E-state index in [1.165, 1.54) is 11.1 Å². The molecule has 0 saturated heterocycles. The smallest absolute Gasteiger partial charge is 0.307 e. The molecule has 34 heavy (non-hydrogen) atoms. The average molecular weight is 477 g/mol. The number of rotatable bonds is 8. The van der Waals surface area contributed by atoms with Crippen LogP contribution in [0, 0.1) is 6.92 Å². The van der Waals surface area contributed by atoms with Crippen molar-refractivity contribution >= 4 is 26.9 Å². The molecular weight excluding hydrogens is 448 g/mol. The van der Waals surface area contributed by atoms with E-state index in [2.05, 4.69) is 4.90 Å². The second-order valence-electron chi connectivity index (χ2n) is 8.38. The van der Waals surface area contributed by atoms with Crippen molar-refractivity contribution in [1.82, 2.24) is 8.87 Å². The largest absolute Gasteiger partial charge is 0.469 e. The van der Waals surface area contributed by atoms with Gasteiger partial charge in [0.05, 0.1) is 23.9 Å². The Morgan fingerprint density at radius 2 is 1.62 bits per heavy atom. The van der Waals surface area contributed by atoms with Gasteiger partial charge in [-0.2, -0.15) is 0 Å². The van der Waals surface area contributed by atoms with Crippen molar-refractivity contribution in [2.24, 2.45) is 0 Å². The summed E-state index contributed by atoms with van der Waals surface area (Å²) in [5.41, 5.74) is 3.17. The Labute approximate surface area is 200 Å². The summed E-state index contributed by atoms with van der Waals surface area (Å²) in [6, 6.07) is 25.7. The van der Waals surface area contributed by atoms with Crippen LogP contribution in [0.4, 0.5) is 0 Å². The Morgan fingerprint density at radius 3 is 2.26 bits per heavy atom. The zero-order chi connectivity index (χ0) is 24.3. The minimum atomic E-state index is -3.78. The maximum Gasteiger partial charge on any atom is 0.307 e. The quantitative estimate of drug-likeness (QED) is 0.338. The lowest BCUT2D eigenvalue weighted by atomic mass is 10.0. The SMILES string of the molecule is COC(=O)CC(c1ccc2cc(C)n(S(=O)(=O)c3ccccc3)c2c1)N(C)Cc1ccccc1. The van der Waals surface area contributed by atoms with E-state index in [4.69, 9.17) is 4.74 Å². The van der Waals surface area contributed by atoms with Crippen molar-refractivity contribution in [1.29, 1.82) is 0 Å². The van der Waals surface area contributed by atoms with E-state index >= 15 is 0 Å². The molecule has 7 heteroatoms. The van der Waals surface area contributed by atoms with Gasteiger partial charge in [0, 0.05) is 23.7 Å². The van der Waals surface area contributed by atoms with Crippen LogP contribution in [0.5, 0.6) is 0 Å². The number of nitrogens with zero attached hydrogens (tertiary/aromatic N) is 2. The first-order chi connectivity index (χ1) is 16.3. The number of aromatic nitrogens is 1. The maximum absolute atomic E-state index is 13.5. The number of ether oxygens (including phenoxy) is 1. The van der Waals surface area contributed by atoms with E-state index < -0.39 is 10.0 Å². The van der Waals surface area contributed by atoms with E-state index in [0.717, 1.165) is 16.5 Å². The number of carbonyl (C=O) groups is 1. The third kappa shape index (κ3) is 4.76. The highest BCUT2D eigenvalue weighted by atomic mass is 32.2. The van der Waals surface area contributed by atoms with Gasteiger partial charge in [0.15, 0.2) is 0 Å². The molecule has 0 aliphatic carbocycles. The van der Waals surface area contributed by atoms with Gasteiger partial charge in [0.1, 0.15) is 0 Å². The minimum Gasteiger partial charge on any atom is -0.469 e. The molecule has 176 valence electrons. The zero-order valence-electron chi connectivity index (χ0n) is 19.5. The van der Waals surface area contributed by atoms with Crippen molar-refractivity contribution in [3.05, 3.63) is 102 Å². The molecule has 1 heterocycles. The lowest BCUT2D eigenvalue weighted by Crippen LogP contribution is -2.27. The van der Waals surface area contributed by atoms with E-state index in [0.29, 0.717) is 17.8 Å². The number of hydrogen-bond acceptors (Lipinski definition) is 5. The Balaban J connectivity index is 1.79. The van der Waals surface area contributed by atoms with Crippen molar-refractivity contribution in [2.45, 2.75) is 30.8 Å². The van der Waals surface area contributed by atoms with Crippen molar-refractivity contribution < 1.29 is 17.9 Å². The molecule has 0 bridgehead atoms. The summed E-state index contributed by atoms with van der Waals surface area (Å²) in [5.74, 6) is -0.325. The Morgan fingerprint density at radius 1 is 0.971 bits per heavy atom. The van der Waals surface area contributed by atoms with Gasteiger partial charge < -0.3 is 4.74 Å². The molecule has 0 spiro atoms. The third-order valence-electron chi connectivity index (χ3n) is 6.02. The topological polar surface area (TPSA) is 68.6 Å². The molecule has 0 radical (unpaired) electrons. The van der Waals surface area contributed by atoms with Crippen LogP contribution in [0.25, 0.3) is 10.9 Å². The number of methoxy groups -OCH3 is 1. The van der Waals surface area contributed by atoms with Crippen LogP contribution in [0.1, 0.15) is 29.3 Å². The van der Waals surface area contributed by atoms with Gasteiger partial charge >= 0.3 is 5.97 Å². The average Bonchev–Trinajstić information content (AvgIpc) is 3.19. The van der Waals surface area contributed by atoms with Gasteiger partial charge in [0.25, 0.3) is 10.0 Å². The predicted molar refractivity (Wildman–Crippen MR) is 133 cm³/mol. The van der Waals surface area contributed by atoms with Gasteiger partial charge in [-0.25, -0.2) is 12.4 Å². The standard InChI is InChI=1S/C27H28N2O4S/c1-20-16-22-14-15-23(17-26(22)29(20)34(31,32)24-12-8-5-9-13-24)25(18-27(30)33-3)28(2)19-21-10-6-4-7-11-21/h4-17,25H,18-19H2,1-3H3. The summed E-state index contributed by atoms with van der Waals surface area (Å²) in [7, 11) is -0.451. The number of fused-ring (bicyclic) bond motifs is 1. The summed E-state index contributed by atoms with van der Waals surface area (Å²) in [4.78, 5) is 14.6. The van der Waals surface area contributed by atoms with E-state index in [1.54, 1.807) is 37.3 Å². The summed E-state index contributed by atoms with van der Waals surface area (Å²) >= 11 is 0. The van der Waals surface area contributed by atoms with Crippen LogP contribution < -0.4 is 0 Å². The second kappa shape index (κ2) is 9.83. The molecule has 1 aromatic heterocycles. The fraction of sp³-hybridized carbons (Fsp3) is 0.222. The molecule has 4 aromatic rings. The highest BCUT2D eigenvalue weighted by Crippen LogP contribution is 2.31. The molecule has 1 unspecified atom stereocenters. The fourth-order valence-electron chi connectivity index (χ4n) is 4.31. The summed E-state index contributed by atoms with van der Waals surface area (Å²) < 4.78 is 33.3. The Bertz CT molecular complexity index is 1400. The van der Waals surface area contributed by atoms with Gasteiger partial charge in [-0.3, -0.25) is 9.69 Å².